The van der Waals surface area contributed by atoms with Gasteiger partial charge in [0.25, 0.3) is 20.2 Å². The lowest BCUT2D eigenvalue weighted by Crippen LogP contribution is -2.29. The highest BCUT2D eigenvalue weighted by atomic mass is 32.2. The molecule has 4 rings (SSSR count). The van der Waals surface area contributed by atoms with Gasteiger partial charge in [0.05, 0.1) is 11.0 Å². The maximum atomic E-state index is 12.5. The van der Waals surface area contributed by atoms with E-state index in [1.54, 1.807) is 0 Å². The van der Waals surface area contributed by atoms with Gasteiger partial charge in [0.15, 0.2) is 0 Å². The van der Waals surface area contributed by atoms with E-state index in [0.29, 0.717) is 34.4 Å². The van der Waals surface area contributed by atoms with Crippen LogP contribution in [0.25, 0.3) is 33.4 Å². The molecule has 9 nitrogen and oxygen atoms in total. The third-order valence-electron chi connectivity index (χ3n) is 6.69. The molecule has 2 aromatic rings. The summed E-state index contributed by atoms with van der Waals surface area (Å²) in [6.45, 7) is 9.22. The Balaban J connectivity index is 2.15. The first-order valence-electron chi connectivity index (χ1n) is 12.2. The molecule has 202 valence electrons. The topological polar surface area (TPSA) is 128 Å². The van der Waals surface area contributed by atoms with E-state index in [9.17, 15) is 25.9 Å². The minimum absolute atomic E-state index is 0.0831. The van der Waals surface area contributed by atoms with Crippen molar-refractivity contribution in [1.82, 2.24) is 9.48 Å². The molecular weight excluding hydrogens is 528 g/mol. The molecule has 11 heteroatoms. The number of rotatable bonds is 8. The molecule has 0 spiro atoms. The summed E-state index contributed by atoms with van der Waals surface area (Å²) >= 11 is 0. The molecular formula is C27H31N2O7S2+. The zero-order valence-electron chi connectivity index (χ0n) is 21.7. The van der Waals surface area contributed by atoms with Crippen molar-refractivity contribution in [3.8, 4) is 22.5 Å². The zero-order valence-corrected chi connectivity index (χ0v) is 23.3. The van der Waals surface area contributed by atoms with Crippen molar-refractivity contribution in [3.05, 3.63) is 65.5 Å². The molecule has 0 amide bonds. The number of benzene rings is 3. The van der Waals surface area contributed by atoms with Gasteiger partial charge in [0.1, 0.15) is 29.3 Å². The summed E-state index contributed by atoms with van der Waals surface area (Å²) in [7, 11) is -7.60. The van der Waals surface area contributed by atoms with Crippen LogP contribution >= 0.6 is 0 Å². The minimum Gasteiger partial charge on any atom is -0.456 e. The normalized spacial score (nSPS) is 12.5. The fourth-order valence-electron chi connectivity index (χ4n) is 4.60. The minimum atomic E-state index is -4.88. The Kier molecular flexibility index (Phi) is 7.78. The fraction of sp³-hybridized carbons (Fsp3) is 0.296. The van der Waals surface area contributed by atoms with Crippen molar-refractivity contribution < 1.29 is 30.4 Å². The molecule has 0 saturated heterocycles. The quantitative estimate of drug-likeness (QED) is 0.189. The maximum absolute atomic E-state index is 12.5. The Hall–Kier alpha value is -3.09. The molecule has 1 heterocycles. The standard InChI is InChI=1S/C27H30N2O7S2/c1-5-28(4)17-18-8-11-21-24(14-18)36-25-15-19(29(6-2)7-3)9-12-22(25)27(21)23-13-10-20(37(30,31)32)16-26(23)38(33,34)35/h8-16H,5-7,17H2,1-4H3,(H-,30,31,32,33,34,35)/p+1. The van der Waals surface area contributed by atoms with E-state index in [1.165, 1.54) is 6.07 Å². The molecule has 2 aromatic carbocycles. The smallest absolute Gasteiger partial charge is 0.295 e. The predicted molar refractivity (Wildman–Crippen MR) is 146 cm³/mol. The first-order chi connectivity index (χ1) is 17.9. The Labute approximate surface area is 222 Å². The maximum Gasteiger partial charge on any atom is 0.295 e. The molecule has 0 atom stereocenters. The van der Waals surface area contributed by atoms with Gasteiger partial charge in [-0.25, -0.2) is 4.58 Å². The van der Waals surface area contributed by atoms with Crippen LogP contribution in [0, 0.1) is 0 Å². The Morgan fingerprint density at radius 2 is 1.53 bits per heavy atom. The summed E-state index contributed by atoms with van der Waals surface area (Å²) in [6, 6.07) is 14.4. The molecule has 0 aromatic heterocycles. The van der Waals surface area contributed by atoms with Crippen LogP contribution < -0.4 is 9.93 Å². The molecule has 0 fully saturated rings. The Morgan fingerprint density at radius 1 is 0.842 bits per heavy atom. The zero-order chi connectivity index (χ0) is 27.8. The van der Waals surface area contributed by atoms with E-state index in [0.717, 1.165) is 42.7 Å². The predicted octanol–water partition coefficient (Wildman–Crippen LogP) is 3.96. The van der Waals surface area contributed by atoms with E-state index < -0.39 is 30.0 Å². The van der Waals surface area contributed by atoms with E-state index in [1.807, 2.05) is 57.3 Å². The monoisotopic (exact) mass is 559 g/mol. The molecule has 0 radical (unpaired) electrons. The molecule has 1 aliphatic carbocycles. The largest absolute Gasteiger partial charge is 0.456 e. The van der Waals surface area contributed by atoms with Gasteiger partial charge in [-0.2, -0.15) is 16.8 Å². The van der Waals surface area contributed by atoms with Gasteiger partial charge in [0, 0.05) is 34.7 Å². The molecule has 1 aliphatic heterocycles. The van der Waals surface area contributed by atoms with Crippen LogP contribution in [-0.2, 0) is 26.8 Å². The summed E-state index contributed by atoms with van der Waals surface area (Å²) in [4.78, 5) is 0.854. The fourth-order valence-corrected chi connectivity index (χ4v) is 5.91. The molecule has 2 aliphatic rings. The van der Waals surface area contributed by atoms with Crippen LogP contribution in [0.15, 0.2) is 68.8 Å². The second-order valence-electron chi connectivity index (χ2n) is 9.10. The molecule has 38 heavy (non-hydrogen) atoms. The lowest BCUT2D eigenvalue weighted by molar-refractivity contribution is 0.346. The highest BCUT2D eigenvalue weighted by Gasteiger charge is 2.26. The van der Waals surface area contributed by atoms with Crippen LogP contribution in [0.1, 0.15) is 26.3 Å². The van der Waals surface area contributed by atoms with Crippen molar-refractivity contribution >= 4 is 31.2 Å². The van der Waals surface area contributed by atoms with Crippen molar-refractivity contribution in [3.63, 3.8) is 0 Å². The van der Waals surface area contributed by atoms with Crippen LogP contribution in [0.5, 0.6) is 0 Å². The second-order valence-corrected chi connectivity index (χ2v) is 11.9. The first-order valence-corrected chi connectivity index (χ1v) is 15.1. The molecule has 0 unspecified atom stereocenters. The Morgan fingerprint density at radius 3 is 2.13 bits per heavy atom. The summed E-state index contributed by atoms with van der Waals surface area (Å²) in [5.41, 5.74) is 2.62. The van der Waals surface area contributed by atoms with E-state index in [-0.39, 0.29) is 5.56 Å². The van der Waals surface area contributed by atoms with Gasteiger partial charge < -0.3 is 9.32 Å². The molecule has 2 N–H and O–H groups in total. The van der Waals surface area contributed by atoms with Crippen molar-refractivity contribution in [2.75, 3.05) is 26.7 Å². The lowest BCUT2D eigenvalue weighted by atomic mass is 9.93. The van der Waals surface area contributed by atoms with Crippen LogP contribution in [-0.4, -0.2) is 57.5 Å². The van der Waals surface area contributed by atoms with Crippen LogP contribution in [0.3, 0.4) is 0 Å². The molecule has 0 saturated carbocycles. The third kappa shape index (κ3) is 5.52. The number of hydrogen-bond acceptors (Lipinski definition) is 6. The average molecular weight is 560 g/mol. The highest BCUT2D eigenvalue weighted by Crippen LogP contribution is 2.42. The van der Waals surface area contributed by atoms with E-state index in [4.69, 9.17) is 4.42 Å². The SMILES string of the molecule is CCN(C)Cc1ccc2c(-c3ccc(S(=O)(=O)O)cc3S(=O)(=O)O)c3ccc(=[N+](CC)CC)cc-3oc2c1. The van der Waals surface area contributed by atoms with Crippen molar-refractivity contribution in [1.29, 1.82) is 0 Å². The van der Waals surface area contributed by atoms with Crippen LogP contribution in [0.2, 0.25) is 0 Å². The number of nitrogens with zero attached hydrogens (tertiary/aromatic N) is 2. The summed E-state index contributed by atoms with van der Waals surface area (Å²) in [5.74, 6) is 0.498. The average Bonchev–Trinajstić information content (AvgIpc) is 2.86. The number of fused-ring (bicyclic) bond motifs is 2. The van der Waals surface area contributed by atoms with Gasteiger partial charge in [0.2, 0.25) is 5.36 Å². The van der Waals surface area contributed by atoms with E-state index in [2.05, 4.69) is 16.4 Å². The second kappa shape index (κ2) is 10.6. The summed E-state index contributed by atoms with van der Waals surface area (Å²) in [6.07, 6.45) is 0. The first kappa shape index (κ1) is 27.9. The van der Waals surface area contributed by atoms with Crippen molar-refractivity contribution in [2.24, 2.45) is 0 Å². The summed E-state index contributed by atoms with van der Waals surface area (Å²) in [5, 5.41) is 1.51. The van der Waals surface area contributed by atoms with Gasteiger partial charge in [-0.3, -0.25) is 9.11 Å². The lowest BCUT2D eigenvalue weighted by Gasteiger charge is -2.19. The van der Waals surface area contributed by atoms with Gasteiger partial charge in [-0.05, 0) is 57.3 Å². The highest BCUT2D eigenvalue weighted by molar-refractivity contribution is 7.86. The van der Waals surface area contributed by atoms with Crippen LogP contribution in [0.4, 0.5) is 0 Å². The third-order valence-corrected chi connectivity index (χ3v) is 8.43. The number of hydrogen-bond donors (Lipinski definition) is 2. The van der Waals surface area contributed by atoms with Gasteiger partial charge in [-0.1, -0.05) is 25.1 Å². The van der Waals surface area contributed by atoms with Gasteiger partial charge in [-0.15, -0.1) is 0 Å². The van der Waals surface area contributed by atoms with E-state index >= 15 is 0 Å². The molecule has 0 bridgehead atoms. The Bertz CT molecular complexity index is 1770. The van der Waals surface area contributed by atoms with Crippen molar-refractivity contribution in [2.45, 2.75) is 37.1 Å². The summed E-state index contributed by atoms with van der Waals surface area (Å²) < 4.78 is 76.5. The van der Waals surface area contributed by atoms with Gasteiger partial charge >= 0.3 is 0 Å².